The number of nitrogens with two attached hydrogens (primary N) is 1. The van der Waals surface area contributed by atoms with E-state index < -0.39 is 9.84 Å². The van der Waals surface area contributed by atoms with E-state index in [2.05, 4.69) is 0 Å². The van der Waals surface area contributed by atoms with Crippen LogP contribution in [0.15, 0.2) is 0 Å². The van der Waals surface area contributed by atoms with E-state index in [0.29, 0.717) is 0 Å². The SMILES string of the molecule is CCCC(N)CS(=O)(=O)C(C)C. The van der Waals surface area contributed by atoms with Crippen molar-refractivity contribution in [1.82, 2.24) is 0 Å². The second-order valence-electron chi connectivity index (χ2n) is 3.43. The third-order valence-electron chi connectivity index (χ3n) is 1.82. The van der Waals surface area contributed by atoms with Crippen molar-refractivity contribution in [2.75, 3.05) is 5.75 Å². The van der Waals surface area contributed by atoms with Crippen molar-refractivity contribution in [3.05, 3.63) is 0 Å². The summed E-state index contributed by atoms with van der Waals surface area (Å²) in [6.45, 7) is 5.38. The molecule has 0 aromatic carbocycles. The van der Waals surface area contributed by atoms with Gasteiger partial charge in [-0.2, -0.15) is 0 Å². The van der Waals surface area contributed by atoms with E-state index in [1.54, 1.807) is 13.8 Å². The van der Waals surface area contributed by atoms with Gasteiger partial charge in [-0.05, 0) is 20.3 Å². The highest BCUT2D eigenvalue weighted by Crippen LogP contribution is 2.04. The summed E-state index contributed by atoms with van der Waals surface area (Å²) < 4.78 is 22.7. The minimum atomic E-state index is -2.94. The topological polar surface area (TPSA) is 60.2 Å². The summed E-state index contributed by atoms with van der Waals surface area (Å²) in [6.07, 6.45) is 1.72. The average Bonchev–Trinajstić information content (AvgIpc) is 1.85. The Morgan fingerprint density at radius 2 is 1.83 bits per heavy atom. The van der Waals surface area contributed by atoms with Crippen LogP contribution in [0.25, 0.3) is 0 Å². The molecule has 0 spiro atoms. The molecule has 4 heteroatoms. The van der Waals surface area contributed by atoms with Gasteiger partial charge in [-0.15, -0.1) is 0 Å². The van der Waals surface area contributed by atoms with E-state index >= 15 is 0 Å². The van der Waals surface area contributed by atoms with Gasteiger partial charge in [-0.1, -0.05) is 13.3 Å². The molecule has 0 fully saturated rings. The molecule has 0 rings (SSSR count). The van der Waals surface area contributed by atoms with Crippen LogP contribution in [-0.2, 0) is 9.84 Å². The van der Waals surface area contributed by atoms with E-state index in [1.165, 1.54) is 0 Å². The van der Waals surface area contributed by atoms with Crippen LogP contribution in [0.3, 0.4) is 0 Å². The number of hydrogen-bond donors (Lipinski definition) is 1. The Kier molecular flexibility index (Phi) is 4.78. The summed E-state index contributed by atoms with van der Waals surface area (Å²) >= 11 is 0. The third-order valence-corrected chi connectivity index (χ3v) is 4.15. The molecule has 0 heterocycles. The summed E-state index contributed by atoms with van der Waals surface area (Å²) in [5, 5.41) is -0.305. The third kappa shape index (κ3) is 4.07. The lowest BCUT2D eigenvalue weighted by Gasteiger charge is -2.12. The molecule has 0 aliphatic rings. The van der Waals surface area contributed by atoms with Gasteiger partial charge in [0.2, 0.25) is 0 Å². The molecule has 12 heavy (non-hydrogen) atoms. The Morgan fingerprint density at radius 1 is 1.33 bits per heavy atom. The Morgan fingerprint density at radius 3 is 2.17 bits per heavy atom. The van der Waals surface area contributed by atoms with E-state index in [-0.39, 0.29) is 17.0 Å². The highest BCUT2D eigenvalue weighted by atomic mass is 32.2. The molecular formula is C8H19NO2S. The first-order chi connectivity index (χ1) is 5.40. The second kappa shape index (κ2) is 4.82. The molecule has 0 aromatic rings. The van der Waals surface area contributed by atoms with E-state index in [9.17, 15) is 8.42 Å². The van der Waals surface area contributed by atoms with Crippen molar-refractivity contribution in [2.24, 2.45) is 5.73 Å². The minimum Gasteiger partial charge on any atom is -0.327 e. The Balaban J connectivity index is 4.07. The molecule has 3 nitrogen and oxygen atoms in total. The molecule has 0 aliphatic heterocycles. The van der Waals surface area contributed by atoms with Gasteiger partial charge in [0, 0.05) is 6.04 Å². The zero-order chi connectivity index (χ0) is 9.78. The molecule has 0 saturated heterocycles. The normalized spacial score (nSPS) is 15.1. The van der Waals surface area contributed by atoms with Gasteiger partial charge in [0.15, 0.2) is 9.84 Å². The van der Waals surface area contributed by atoms with Crippen molar-refractivity contribution in [1.29, 1.82) is 0 Å². The molecule has 0 radical (unpaired) electrons. The zero-order valence-corrected chi connectivity index (χ0v) is 8.89. The first kappa shape index (κ1) is 11.9. The van der Waals surface area contributed by atoms with Crippen molar-refractivity contribution in [2.45, 2.75) is 44.9 Å². The molecule has 0 aromatic heterocycles. The van der Waals surface area contributed by atoms with Crippen molar-refractivity contribution in [3.63, 3.8) is 0 Å². The first-order valence-electron chi connectivity index (χ1n) is 4.37. The van der Waals surface area contributed by atoms with E-state index in [0.717, 1.165) is 12.8 Å². The predicted octanol–water partition coefficient (Wildman–Crippen LogP) is 0.937. The summed E-state index contributed by atoms with van der Waals surface area (Å²) in [6, 6.07) is -0.192. The fraction of sp³-hybridized carbons (Fsp3) is 1.00. The van der Waals surface area contributed by atoms with Crippen LogP contribution in [-0.4, -0.2) is 25.5 Å². The van der Waals surface area contributed by atoms with Crippen molar-refractivity contribution < 1.29 is 8.42 Å². The lowest BCUT2D eigenvalue weighted by atomic mass is 10.2. The largest absolute Gasteiger partial charge is 0.327 e. The van der Waals surface area contributed by atoms with Crippen molar-refractivity contribution >= 4 is 9.84 Å². The lowest BCUT2D eigenvalue weighted by molar-refractivity contribution is 0.569. The first-order valence-corrected chi connectivity index (χ1v) is 6.08. The minimum absolute atomic E-state index is 0.124. The van der Waals surface area contributed by atoms with Gasteiger partial charge in [0.1, 0.15) is 0 Å². The highest BCUT2D eigenvalue weighted by Gasteiger charge is 2.19. The molecule has 0 saturated carbocycles. The molecule has 0 bridgehead atoms. The molecule has 0 amide bonds. The van der Waals surface area contributed by atoms with Crippen LogP contribution in [0.4, 0.5) is 0 Å². The van der Waals surface area contributed by atoms with Crippen LogP contribution in [0.5, 0.6) is 0 Å². The van der Waals surface area contributed by atoms with Crippen LogP contribution >= 0.6 is 0 Å². The van der Waals surface area contributed by atoms with Gasteiger partial charge < -0.3 is 5.73 Å². The number of rotatable bonds is 5. The highest BCUT2D eigenvalue weighted by molar-refractivity contribution is 7.92. The molecule has 2 N–H and O–H groups in total. The monoisotopic (exact) mass is 193 g/mol. The van der Waals surface area contributed by atoms with Gasteiger partial charge in [-0.25, -0.2) is 8.42 Å². The van der Waals surface area contributed by atoms with Crippen LogP contribution in [0.1, 0.15) is 33.6 Å². The van der Waals surface area contributed by atoms with Gasteiger partial charge in [-0.3, -0.25) is 0 Å². The maximum absolute atomic E-state index is 11.3. The maximum atomic E-state index is 11.3. The fourth-order valence-electron chi connectivity index (χ4n) is 0.945. The van der Waals surface area contributed by atoms with Crippen LogP contribution in [0.2, 0.25) is 0 Å². The Labute approximate surface area is 75.3 Å². The number of sulfone groups is 1. The number of hydrogen-bond acceptors (Lipinski definition) is 3. The quantitative estimate of drug-likeness (QED) is 0.707. The Hall–Kier alpha value is -0.0900. The van der Waals surface area contributed by atoms with Gasteiger partial charge in [0.25, 0.3) is 0 Å². The standard InChI is InChI=1S/C8H19NO2S/c1-4-5-8(9)6-12(10,11)7(2)3/h7-8H,4-6,9H2,1-3H3. The van der Waals surface area contributed by atoms with E-state index in [1.807, 2.05) is 6.92 Å². The average molecular weight is 193 g/mol. The molecular weight excluding hydrogens is 174 g/mol. The van der Waals surface area contributed by atoms with Gasteiger partial charge >= 0.3 is 0 Å². The summed E-state index contributed by atoms with van der Waals surface area (Å²) in [4.78, 5) is 0. The molecule has 0 aliphatic carbocycles. The summed E-state index contributed by atoms with van der Waals surface area (Å²) in [5.74, 6) is 0.124. The van der Waals surface area contributed by atoms with Crippen LogP contribution < -0.4 is 5.73 Å². The molecule has 1 atom stereocenters. The van der Waals surface area contributed by atoms with E-state index in [4.69, 9.17) is 5.73 Å². The van der Waals surface area contributed by atoms with Gasteiger partial charge in [0.05, 0.1) is 11.0 Å². The maximum Gasteiger partial charge on any atom is 0.154 e. The molecule has 1 unspecified atom stereocenters. The Bertz CT molecular complexity index is 209. The lowest BCUT2D eigenvalue weighted by Crippen LogP contribution is -2.32. The van der Waals surface area contributed by atoms with Crippen LogP contribution in [0, 0.1) is 0 Å². The van der Waals surface area contributed by atoms with Crippen molar-refractivity contribution in [3.8, 4) is 0 Å². The summed E-state index contributed by atoms with van der Waals surface area (Å²) in [7, 11) is -2.94. The second-order valence-corrected chi connectivity index (χ2v) is 6.03. The fourth-order valence-corrected chi connectivity index (χ4v) is 2.09. The predicted molar refractivity (Wildman–Crippen MR) is 51.8 cm³/mol. The smallest absolute Gasteiger partial charge is 0.154 e. The molecule has 74 valence electrons. The summed E-state index contributed by atoms with van der Waals surface area (Å²) in [5.41, 5.74) is 5.63. The zero-order valence-electron chi connectivity index (χ0n) is 8.08.